The van der Waals surface area contributed by atoms with Crippen LogP contribution < -0.4 is 0 Å². The molecule has 1 aromatic carbocycles. The smallest absolute Gasteiger partial charge is 0.0253 e. The molecule has 0 unspecified atom stereocenters. The van der Waals surface area contributed by atoms with Crippen molar-refractivity contribution in [2.45, 2.75) is 0 Å². The highest BCUT2D eigenvalue weighted by molar-refractivity contribution is 9.10. The first kappa shape index (κ1) is 8.52. The van der Waals surface area contributed by atoms with Gasteiger partial charge in [-0.1, -0.05) is 64.5 Å². The minimum Gasteiger partial charge on any atom is -0.0622 e. The molecule has 0 radical (unpaired) electrons. The van der Waals surface area contributed by atoms with E-state index in [-0.39, 0.29) is 0 Å². The van der Waals surface area contributed by atoms with Gasteiger partial charge in [-0.2, -0.15) is 0 Å². The number of allylic oxidation sites excluding steroid dienone is 4. The summed E-state index contributed by atoms with van der Waals surface area (Å²) in [4.78, 5) is 0. The van der Waals surface area contributed by atoms with Gasteiger partial charge in [-0.3, -0.25) is 0 Å². The first-order valence-corrected chi connectivity index (χ1v) is 4.97. The molecule has 0 saturated carbocycles. The van der Waals surface area contributed by atoms with Gasteiger partial charge in [0.1, 0.15) is 0 Å². The predicted molar refractivity (Wildman–Crippen MR) is 61.4 cm³/mol. The van der Waals surface area contributed by atoms with Crippen molar-refractivity contribution >= 4 is 28.1 Å². The predicted octanol–water partition coefficient (Wildman–Crippen LogP) is 4.05. The quantitative estimate of drug-likeness (QED) is 0.634. The van der Waals surface area contributed by atoms with Crippen molar-refractivity contribution in [1.29, 1.82) is 0 Å². The number of halogens is 1. The normalized spacial score (nSPS) is 18.5. The fraction of sp³-hybridized carbons (Fsp3) is 0. The summed E-state index contributed by atoms with van der Waals surface area (Å²) in [5.74, 6) is 0. The second kappa shape index (κ2) is 3.75. The molecule has 0 bridgehead atoms. The molecule has 0 aliphatic heterocycles. The molecule has 0 saturated heterocycles. The van der Waals surface area contributed by atoms with E-state index in [9.17, 15) is 0 Å². The summed E-state index contributed by atoms with van der Waals surface area (Å²) in [6.07, 6.45) is 12.4. The second-order valence-corrected chi connectivity index (χ2v) is 3.70. The van der Waals surface area contributed by atoms with E-state index in [4.69, 9.17) is 0 Å². The zero-order valence-corrected chi connectivity index (χ0v) is 8.66. The molecular weight excluding hydrogens is 224 g/mol. The van der Waals surface area contributed by atoms with E-state index in [1.807, 2.05) is 24.3 Å². The highest BCUT2D eigenvalue weighted by Crippen LogP contribution is 2.24. The van der Waals surface area contributed by atoms with Crippen molar-refractivity contribution in [2.75, 3.05) is 0 Å². The number of hydrogen-bond donors (Lipinski definition) is 0. The molecule has 13 heavy (non-hydrogen) atoms. The van der Waals surface area contributed by atoms with Crippen LogP contribution in [0.25, 0.3) is 12.2 Å². The maximum Gasteiger partial charge on any atom is 0.0253 e. The van der Waals surface area contributed by atoms with Gasteiger partial charge in [0, 0.05) is 4.47 Å². The molecule has 0 aromatic heterocycles. The standard InChI is InChI=1S/C12H9Br/c13-12-9-5-7-10-6-3-1-2-4-8-11(10)12/h1-9H/b2-1-,3-1?,4-2?,6-3?,8-4-,10-6?,11-8?. The van der Waals surface area contributed by atoms with Crippen LogP contribution in [-0.4, -0.2) is 0 Å². The lowest BCUT2D eigenvalue weighted by Crippen LogP contribution is -1.82. The summed E-state index contributed by atoms with van der Waals surface area (Å²) in [6, 6.07) is 6.22. The van der Waals surface area contributed by atoms with Gasteiger partial charge in [-0.05, 0) is 17.2 Å². The fourth-order valence-corrected chi connectivity index (χ4v) is 1.83. The van der Waals surface area contributed by atoms with Crippen LogP contribution in [0.5, 0.6) is 0 Å². The van der Waals surface area contributed by atoms with Crippen LogP contribution in [0.3, 0.4) is 0 Å². The van der Waals surface area contributed by atoms with Gasteiger partial charge in [0.15, 0.2) is 0 Å². The SMILES string of the molecule is Brc1cccc2c1/C=C\C=C/C=C2. The van der Waals surface area contributed by atoms with Crippen LogP contribution in [-0.2, 0) is 0 Å². The zero-order valence-electron chi connectivity index (χ0n) is 7.07. The molecule has 0 atom stereocenters. The summed E-state index contributed by atoms with van der Waals surface area (Å²) in [7, 11) is 0. The van der Waals surface area contributed by atoms with Crippen molar-refractivity contribution in [2.24, 2.45) is 0 Å². The van der Waals surface area contributed by atoms with Crippen molar-refractivity contribution in [3.63, 3.8) is 0 Å². The number of benzene rings is 1. The van der Waals surface area contributed by atoms with Crippen LogP contribution in [0.1, 0.15) is 11.1 Å². The lowest BCUT2D eigenvalue weighted by molar-refractivity contribution is 1.56. The lowest BCUT2D eigenvalue weighted by Gasteiger charge is -2.04. The Hall–Kier alpha value is -1.08. The average molecular weight is 233 g/mol. The van der Waals surface area contributed by atoms with Gasteiger partial charge < -0.3 is 0 Å². The maximum atomic E-state index is 3.53. The van der Waals surface area contributed by atoms with Gasteiger partial charge in [-0.25, -0.2) is 0 Å². The van der Waals surface area contributed by atoms with E-state index in [0.717, 1.165) is 4.47 Å². The first-order valence-electron chi connectivity index (χ1n) is 4.18. The largest absolute Gasteiger partial charge is 0.0622 e. The molecule has 0 spiro atoms. The maximum absolute atomic E-state index is 3.53. The molecule has 1 heteroatoms. The second-order valence-electron chi connectivity index (χ2n) is 2.85. The van der Waals surface area contributed by atoms with Crippen LogP contribution in [0, 0.1) is 0 Å². The zero-order chi connectivity index (χ0) is 9.10. The Morgan fingerprint density at radius 2 is 1.62 bits per heavy atom. The Morgan fingerprint density at radius 1 is 0.846 bits per heavy atom. The monoisotopic (exact) mass is 232 g/mol. The van der Waals surface area contributed by atoms with Gasteiger partial charge in [0.25, 0.3) is 0 Å². The Balaban J connectivity index is 2.62. The van der Waals surface area contributed by atoms with Crippen molar-refractivity contribution in [1.82, 2.24) is 0 Å². The Kier molecular flexibility index (Phi) is 2.46. The van der Waals surface area contributed by atoms with Crippen LogP contribution in [0.2, 0.25) is 0 Å². The third kappa shape index (κ3) is 1.81. The van der Waals surface area contributed by atoms with E-state index < -0.39 is 0 Å². The number of rotatable bonds is 0. The van der Waals surface area contributed by atoms with Gasteiger partial charge in [-0.15, -0.1) is 0 Å². The van der Waals surface area contributed by atoms with E-state index in [1.165, 1.54) is 11.1 Å². The highest BCUT2D eigenvalue weighted by Gasteiger charge is 2.00. The number of fused-ring (bicyclic) bond motifs is 1. The topological polar surface area (TPSA) is 0 Å². The van der Waals surface area contributed by atoms with Crippen LogP contribution >= 0.6 is 15.9 Å². The molecule has 0 amide bonds. The third-order valence-corrected chi connectivity index (χ3v) is 2.65. The summed E-state index contributed by atoms with van der Waals surface area (Å²) < 4.78 is 1.14. The van der Waals surface area contributed by atoms with Crippen LogP contribution in [0.15, 0.2) is 47.0 Å². The molecule has 0 N–H and O–H groups in total. The summed E-state index contributed by atoms with van der Waals surface area (Å²) in [6.45, 7) is 0. The molecule has 2 rings (SSSR count). The molecule has 64 valence electrons. The first-order chi connectivity index (χ1) is 6.38. The van der Waals surface area contributed by atoms with E-state index >= 15 is 0 Å². The summed E-state index contributed by atoms with van der Waals surface area (Å²) >= 11 is 3.53. The fourth-order valence-electron chi connectivity index (χ4n) is 1.31. The van der Waals surface area contributed by atoms with Crippen molar-refractivity contribution in [3.05, 3.63) is 58.1 Å². The van der Waals surface area contributed by atoms with Crippen LogP contribution in [0.4, 0.5) is 0 Å². The average Bonchev–Trinajstić information content (AvgIpc) is 2.07. The minimum absolute atomic E-state index is 1.14. The van der Waals surface area contributed by atoms with Crippen molar-refractivity contribution < 1.29 is 0 Å². The lowest BCUT2D eigenvalue weighted by atomic mass is 10.1. The van der Waals surface area contributed by atoms with Gasteiger partial charge in [0.2, 0.25) is 0 Å². The third-order valence-electron chi connectivity index (χ3n) is 1.96. The highest BCUT2D eigenvalue weighted by atomic mass is 79.9. The van der Waals surface area contributed by atoms with Gasteiger partial charge >= 0.3 is 0 Å². The molecule has 1 aliphatic carbocycles. The molecule has 0 nitrogen and oxygen atoms in total. The molecular formula is C12H9Br. The van der Waals surface area contributed by atoms with E-state index in [1.54, 1.807) is 0 Å². The van der Waals surface area contributed by atoms with E-state index in [0.29, 0.717) is 0 Å². The molecule has 0 fully saturated rings. The molecule has 1 aliphatic rings. The van der Waals surface area contributed by atoms with Crippen molar-refractivity contribution in [3.8, 4) is 0 Å². The van der Waals surface area contributed by atoms with E-state index in [2.05, 4.69) is 46.3 Å². The summed E-state index contributed by atoms with van der Waals surface area (Å²) in [5, 5.41) is 0. The Labute approximate surface area is 86.4 Å². The number of hydrogen-bond acceptors (Lipinski definition) is 0. The van der Waals surface area contributed by atoms with Gasteiger partial charge in [0.05, 0.1) is 0 Å². The Bertz CT molecular complexity index is 398. The minimum atomic E-state index is 1.14. The molecule has 0 heterocycles. The summed E-state index contributed by atoms with van der Waals surface area (Å²) in [5.41, 5.74) is 2.48. The Morgan fingerprint density at radius 3 is 2.46 bits per heavy atom. The molecule has 1 aromatic rings.